The number of benzene rings is 4. The van der Waals surface area contributed by atoms with Gasteiger partial charge in [-0.15, -0.1) is 0 Å². The topological polar surface area (TPSA) is 187 Å². The van der Waals surface area contributed by atoms with E-state index in [1.165, 1.54) is 16.8 Å². The summed E-state index contributed by atoms with van der Waals surface area (Å²) < 4.78 is 57.6. The molecule has 3 fully saturated rings. The number of ether oxygens (including phenoxy) is 4. The van der Waals surface area contributed by atoms with Gasteiger partial charge in [0.25, 0.3) is 5.91 Å². The first kappa shape index (κ1) is 50.1. The number of hydrazine groups is 2. The molecule has 1 amide bonds. The molecular weight excluding hydrogens is 950 g/mol. The van der Waals surface area contributed by atoms with E-state index in [4.69, 9.17) is 28.0 Å². The molecule has 5 aliphatic heterocycles. The number of aliphatic hydroxyl groups is 1. The molecule has 17 nitrogen and oxygen atoms in total. The van der Waals surface area contributed by atoms with Crippen molar-refractivity contribution in [2.24, 2.45) is 0 Å². The molecular formula is C55H64N7O10P. The molecule has 0 aliphatic carbocycles. The Morgan fingerprint density at radius 2 is 1.27 bits per heavy atom. The molecule has 3 atom stereocenters. The SMILES string of the molecule is COc1ccc(C(OC[C@H]2O[C@@H](n3ccc(NC(=O)c4ccccc4)nc3=O)C[C@@]2(O)P(=O)(OC2=C3CCCCNN3CCC2)OC2=C3CCCCNN3CCC2)(c2ccccc2)c2ccc(OC)cc2)cc1. The molecule has 4 aromatic carbocycles. The van der Waals surface area contributed by atoms with Gasteiger partial charge < -0.3 is 48.4 Å². The van der Waals surface area contributed by atoms with Gasteiger partial charge in [-0.05, 0) is 111 Å². The monoisotopic (exact) mass is 1010 g/mol. The number of methoxy groups -OCH3 is 2. The van der Waals surface area contributed by atoms with Gasteiger partial charge in [-0.3, -0.25) is 9.36 Å². The standard InChI is InChI=1S/C55H64N7O10P/c1-67-43-27-23-41(24-28-43)55(40-17-7-4-8-18-40,42-25-29-44(68-2)30-26-42)69-38-49-54(65,37-51(70-49)60-36-31-50(59-53(60)64)58-52(63)39-15-5-3-6-16-39)73(66,71-47-21-13-34-61-45(47)19-9-11-32-56-61)72-48-22-14-35-62-46(48)20-10-12-33-57-62/h3-8,15-18,23-31,36,49,51,56-57,65H,9-14,19-22,32-35,37-38H2,1-2H3,(H,58,59,63,64)/t49-,51-,54-/m1/s1. The summed E-state index contributed by atoms with van der Waals surface area (Å²) in [6.45, 7) is 2.66. The van der Waals surface area contributed by atoms with Crippen LogP contribution >= 0.6 is 7.60 Å². The fourth-order valence-electron chi connectivity index (χ4n) is 10.6. The predicted octanol–water partition coefficient (Wildman–Crippen LogP) is 8.72. The minimum absolute atomic E-state index is 0.0202. The number of aromatic nitrogens is 2. The lowest BCUT2D eigenvalue weighted by molar-refractivity contribution is -0.106. The van der Waals surface area contributed by atoms with Crippen LogP contribution in [0.5, 0.6) is 11.5 Å². The summed E-state index contributed by atoms with van der Waals surface area (Å²) >= 11 is 0. The van der Waals surface area contributed by atoms with Crippen molar-refractivity contribution in [3.05, 3.63) is 177 Å². The molecule has 10 rings (SSSR count). The highest BCUT2D eigenvalue weighted by molar-refractivity contribution is 7.55. The number of allylic oxidation sites excluding steroid dienone is 4. The van der Waals surface area contributed by atoms with Crippen LogP contribution in [0.3, 0.4) is 0 Å². The Morgan fingerprint density at radius 1 is 0.740 bits per heavy atom. The van der Waals surface area contributed by atoms with Crippen molar-refractivity contribution in [2.75, 3.05) is 52.3 Å². The molecule has 73 heavy (non-hydrogen) atoms. The van der Waals surface area contributed by atoms with Crippen LogP contribution < -0.4 is 31.3 Å². The van der Waals surface area contributed by atoms with Gasteiger partial charge in [-0.25, -0.2) is 20.2 Å². The second-order valence-corrected chi connectivity index (χ2v) is 21.1. The Kier molecular flexibility index (Phi) is 15.1. The van der Waals surface area contributed by atoms with Gasteiger partial charge in [-0.2, -0.15) is 4.98 Å². The number of nitrogens with zero attached hydrogens (tertiary/aromatic N) is 4. The normalized spacial score (nSPS) is 21.6. The van der Waals surface area contributed by atoms with E-state index in [9.17, 15) is 14.7 Å². The molecule has 5 aliphatic rings. The first-order chi connectivity index (χ1) is 35.6. The number of rotatable bonds is 16. The third-order valence-corrected chi connectivity index (χ3v) is 16.8. The summed E-state index contributed by atoms with van der Waals surface area (Å²) in [4.78, 5) is 31.6. The summed E-state index contributed by atoms with van der Waals surface area (Å²) in [7, 11) is -1.67. The van der Waals surface area contributed by atoms with E-state index in [2.05, 4.69) is 31.2 Å². The van der Waals surface area contributed by atoms with Crippen LogP contribution in [0.1, 0.15) is 104 Å². The van der Waals surface area contributed by atoms with E-state index in [0.29, 0.717) is 67.1 Å². The maximum atomic E-state index is 16.9. The van der Waals surface area contributed by atoms with Crippen LogP contribution in [0.4, 0.5) is 5.82 Å². The molecule has 5 aromatic rings. The van der Waals surface area contributed by atoms with E-state index >= 15 is 4.57 Å². The van der Waals surface area contributed by atoms with Crippen LogP contribution in [0.2, 0.25) is 0 Å². The minimum Gasteiger partial charge on any atom is -0.497 e. The van der Waals surface area contributed by atoms with Gasteiger partial charge in [0.2, 0.25) is 5.34 Å². The molecule has 4 N–H and O–H groups in total. The van der Waals surface area contributed by atoms with E-state index in [1.54, 1.807) is 44.6 Å². The van der Waals surface area contributed by atoms with Gasteiger partial charge in [0.05, 0.1) is 32.2 Å². The maximum Gasteiger partial charge on any atom is 0.464 e. The zero-order valence-electron chi connectivity index (χ0n) is 41.4. The van der Waals surface area contributed by atoms with Crippen molar-refractivity contribution in [2.45, 2.75) is 93.9 Å². The Morgan fingerprint density at radius 3 is 1.81 bits per heavy atom. The number of hydrogen-bond acceptors (Lipinski definition) is 15. The molecule has 18 heteroatoms. The van der Waals surface area contributed by atoms with E-state index in [1.807, 2.05) is 78.9 Å². The molecule has 0 spiro atoms. The lowest BCUT2D eigenvalue weighted by Gasteiger charge is -2.41. The zero-order chi connectivity index (χ0) is 50.4. The second kappa shape index (κ2) is 21.9. The lowest BCUT2D eigenvalue weighted by Crippen LogP contribution is -2.46. The average Bonchev–Trinajstić information content (AvgIpc) is 3.59. The molecule has 3 saturated heterocycles. The number of amides is 1. The molecule has 0 saturated carbocycles. The minimum atomic E-state index is -4.88. The number of nitrogens with one attached hydrogen (secondary N) is 3. The zero-order valence-corrected chi connectivity index (χ0v) is 42.3. The summed E-state index contributed by atoms with van der Waals surface area (Å²) in [5.74, 6) is 1.80. The van der Waals surface area contributed by atoms with Gasteiger partial charge in [0, 0.05) is 57.2 Å². The van der Waals surface area contributed by atoms with Gasteiger partial charge >= 0.3 is 13.3 Å². The highest BCUT2D eigenvalue weighted by atomic mass is 31.2. The van der Waals surface area contributed by atoms with Crippen LogP contribution in [0, 0.1) is 0 Å². The molecule has 1 aromatic heterocycles. The Bertz CT molecular complexity index is 2800. The van der Waals surface area contributed by atoms with E-state index in [0.717, 1.165) is 79.9 Å². The number of fused-ring (bicyclic) bond motifs is 2. The van der Waals surface area contributed by atoms with Crippen molar-refractivity contribution < 1.29 is 42.5 Å². The fraction of sp³-hybridized carbons (Fsp3) is 0.400. The Hall–Kier alpha value is -6.46. The first-order valence-electron chi connectivity index (χ1n) is 25.4. The van der Waals surface area contributed by atoms with Crippen LogP contribution in [0.15, 0.2) is 149 Å². The van der Waals surface area contributed by atoms with Gasteiger partial charge in [0.1, 0.15) is 46.8 Å². The van der Waals surface area contributed by atoms with Crippen LogP contribution in [0.25, 0.3) is 0 Å². The Balaban J connectivity index is 1.11. The molecule has 6 heterocycles. The number of carbonyl (C=O) groups is 1. The third kappa shape index (κ3) is 10.3. The van der Waals surface area contributed by atoms with Crippen molar-refractivity contribution in [3.8, 4) is 11.5 Å². The number of anilines is 1. The van der Waals surface area contributed by atoms with Crippen molar-refractivity contribution in [3.63, 3.8) is 0 Å². The Labute approximate surface area is 425 Å². The van der Waals surface area contributed by atoms with Gasteiger partial charge in [0.15, 0.2) is 0 Å². The van der Waals surface area contributed by atoms with Crippen LogP contribution in [-0.4, -0.2) is 89.0 Å². The lowest BCUT2D eigenvalue weighted by atomic mass is 9.80. The summed E-state index contributed by atoms with van der Waals surface area (Å²) in [6, 6.07) is 34.9. The molecule has 0 unspecified atom stereocenters. The van der Waals surface area contributed by atoms with Gasteiger partial charge in [-0.1, -0.05) is 72.8 Å². The molecule has 0 bridgehead atoms. The van der Waals surface area contributed by atoms with Crippen molar-refractivity contribution in [1.82, 2.24) is 30.4 Å². The summed E-state index contributed by atoms with van der Waals surface area (Å²) in [5, 5.41) is 18.4. The third-order valence-electron chi connectivity index (χ3n) is 14.4. The number of hydrogen-bond donors (Lipinski definition) is 4. The first-order valence-corrected chi connectivity index (χ1v) is 26.9. The smallest absolute Gasteiger partial charge is 0.464 e. The maximum absolute atomic E-state index is 16.9. The predicted molar refractivity (Wildman–Crippen MR) is 274 cm³/mol. The molecule has 0 radical (unpaired) electrons. The molecule has 384 valence electrons. The van der Waals surface area contributed by atoms with Crippen molar-refractivity contribution in [1.29, 1.82) is 0 Å². The average molecular weight is 1010 g/mol. The van der Waals surface area contributed by atoms with Crippen molar-refractivity contribution >= 4 is 19.3 Å². The number of carbonyl (C=O) groups excluding carboxylic acids is 1. The van der Waals surface area contributed by atoms with E-state index in [-0.39, 0.29) is 12.4 Å². The fourth-order valence-corrected chi connectivity index (χ4v) is 12.8. The van der Waals surface area contributed by atoms with Crippen LogP contribution in [-0.2, 0) is 28.7 Å². The highest BCUT2D eigenvalue weighted by Crippen LogP contribution is 2.69. The highest BCUT2D eigenvalue weighted by Gasteiger charge is 2.65. The summed E-state index contributed by atoms with van der Waals surface area (Å²) in [5.41, 5.74) is 9.19. The summed E-state index contributed by atoms with van der Waals surface area (Å²) in [6.07, 6.45) is 5.67. The largest absolute Gasteiger partial charge is 0.497 e. The second-order valence-electron chi connectivity index (χ2n) is 19.0. The van der Waals surface area contributed by atoms with E-state index < -0.39 is 48.9 Å². The quantitative estimate of drug-likeness (QED) is 0.0543.